The predicted octanol–water partition coefficient (Wildman–Crippen LogP) is 4.37. The van der Waals surface area contributed by atoms with Gasteiger partial charge in [0.25, 0.3) is 0 Å². The molecule has 0 atom stereocenters. The molecule has 0 radical (unpaired) electrons. The average molecular weight is 433 g/mol. The number of nitrogens with one attached hydrogen (secondary N) is 2. The van der Waals surface area contributed by atoms with Crippen molar-refractivity contribution < 1.29 is 4.42 Å². The summed E-state index contributed by atoms with van der Waals surface area (Å²) < 4.78 is 5.63. The van der Waals surface area contributed by atoms with Gasteiger partial charge in [-0.1, -0.05) is 31.0 Å². The zero-order valence-electron chi connectivity index (χ0n) is 18.8. The molecule has 0 bridgehead atoms. The molecule has 2 aromatic heterocycles. The van der Waals surface area contributed by atoms with E-state index in [0.29, 0.717) is 19.0 Å². The van der Waals surface area contributed by atoms with Crippen molar-refractivity contribution in [2.45, 2.75) is 45.7 Å². The summed E-state index contributed by atoms with van der Waals surface area (Å²) in [4.78, 5) is 16.3. The summed E-state index contributed by atoms with van der Waals surface area (Å²) in [6.07, 6.45) is 8.70. The average Bonchev–Trinajstić information content (AvgIpc) is 3.14. The van der Waals surface area contributed by atoms with Gasteiger partial charge in [0.2, 0.25) is 5.89 Å². The highest BCUT2D eigenvalue weighted by atomic mass is 16.3. The van der Waals surface area contributed by atoms with Crippen LogP contribution < -0.4 is 15.5 Å². The van der Waals surface area contributed by atoms with E-state index >= 15 is 0 Å². The quantitative estimate of drug-likeness (QED) is 0.426. The first kappa shape index (κ1) is 21.9. The van der Waals surface area contributed by atoms with Gasteiger partial charge in [-0.05, 0) is 49.6 Å². The Morgan fingerprint density at radius 3 is 2.66 bits per heavy atom. The maximum atomic E-state index is 5.63. The largest absolute Gasteiger partial charge is 0.444 e. The molecule has 168 valence electrons. The summed E-state index contributed by atoms with van der Waals surface area (Å²) in [5.41, 5.74) is 2.96. The minimum Gasteiger partial charge on any atom is -0.444 e. The summed E-state index contributed by atoms with van der Waals surface area (Å²) in [7, 11) is 0. The lowest BCUT2D eigenvalue weighted by Gasteiger charge is -2.21. The van der Waals surface area contributed by atoms with Crippen LogP contribution in [0.25, 0.3) is 11.5 Å². The Morgan fingerprint density at radius 2 is 1.88 bits per heavy atom. The number of aliphatic imine (C=N–C) groups is 1. The molecular formula is C25H32N6O. The Hall–Kier alpha value is -3.35. The molecule has 1 fully saturated rings. The fraction of sp³-hybridized carbons (Fsp3) is 0.400. The molecule has 0 saturated carbocycles. The van der Waals surface area contributed by atoms with Crippen molar-refractivity contribution >= 4 is 11.8 Å². The van der Waals surface area contributed by atoms with Crippen molar-refractivity contribution in [1.29, 1.82) is 0 Å². The molecule has 1 saturated heterocycles. The third-order valence-corrected chi connectivity index (χ3v) is 5.51. The lowest BCUT2D eigenvalue weighted by Crippen LogP contribution is -2.36. The van der Waals surface area contributed by atoms with Crippen LogP contribution >= 0.6 is 0 Å². The minimum atomic E-state index is 0.539. The molecule has 1 aliphatic rings. The van der Waals surface area contributed by atoms with Crippen LogP contribution in [0.4, 0.5) is 5.82 Å². The lowest BCUT2D eigenvalue weighted by atomic mass is 10.2. The topological polar surface area (TPSA) is 78.6 Å². The molecule has 4 rings (SSSR count). The van der Waals surface area contributed by atoms with Gasteiger partial charge in [0, 0.05) is 31.4 Å². The first-order valence-corrected chi connectivity index (χ1v) is 11.5. The Labute approximate surface area is 190 Å². The van der Waals surface area contributed by atoms with Gasteiger partial charge in [0.1, 0.15) is 12.1 Å². The maximum Gasteiger partial charge on any atom is 0.226 e. The molecule has 32 heavy (non-hydrogen) atoms. The summed E-state index contributed by atoms with van der Waals surface area (Å²) in [5, 5.41) is 6.65. The fourth-order valence-electron chi connectivity index (χ4n) is 3.82. The van der Waals surface area contributed by atoms with Gasteiger partial charge in [-0.15, -0.1) is 0 Å². The molecule has 2 N–H and O–H groups in total. The molecule has 0 amide bonds. The molecule has 0 aliphatic carbocycles. The first-order chi connectivity index (χ1) is 15.8. The van der Waals surface area contributed by atoms with Crippen LogP contribution in [0.2, 0.25) is 0 Å². The minimum absolute atomic E-state index is 0.539. The highest BCUT2D eigenvalue weighted by molar-refractivity contribution is 5.79. The SMILES string of the molecule is CCNC(=NCc1ccnc(N2CCCCCC2)c1)NCc1coc(-c2ccccc2)n1. The van der Waals surface area contributed by atoms with E-state index in [0.717, 1.165) is 48.2 Å². The predicted molar refractivity (Wildman–Crippen MR) is 129 cm³/mol. The van der Waals surface area contributed by atoms with Crippen molar-refractivity contribution in [2.75, 3.05) is 24.5 Å². The number of anilines is 1. The van der Waals surface area contributed by atoms with Crippen LogP contribution in [0.15, 0.2) is 64.3 Å². The van der Waals surface area contributed by atoms with Gasteiger partial charge in [-0.3, -0.25) is 0 Å². The van der Waals surface area contributed by atoms with Gasteiger partial charge in [0.15, 0.2) is 5.96 Å². The third-order valence-electron chi connectivity index (χ3n) is 5.51. The van der Waals surface area contributed by atoms with Crippen molar-refractivity contribution in [1.82, 2.24) is 20.6 Å². The second kappa shape index (κ2) is 11.3. The van der Waals surface area contributed by atoms with Crippen LogP contribution in [0.3, 0.4) is 0 Å². The van der Waals surface area contributed by atoms with E-state index in [1.165, 1.54) is 25.7 Å². The molecule has 0 unspecified atom stereocenters. The van der Waals surface area contributed by atoms with E-state index in [1.54, 1.807) is 6.26 Å². The lowest BCUT2D eigenvalue weighted by molar-refractivity contribution is 0.572. The highest BCUT2D eigenvalue weighted by Crippen LogP contribution is 2.19. The van der Waals surface area contributed by atoms with Crippen LogP contribution in [0, 0.1) is 0 Å². The summed E-state index contributed by atoms with van der Waals surface area (Å²) in [6.45, 7) is 6.16. The number of aromatic nitrogens is 2. The zero-order valence-corrected chi connectivity index (χ0v) is 18.8. The monoisotopic (exact) mass is 432 g/mol. The number of hydrogen-bond acceptors (Lipinski definition) is 5. The standard InChI is InChI=1S/C25H32N6O/c1-2-26-25(29-18-22-19-32-24(30-22)21-10-6-5-7-11-21)28-17-20-12-13-27-23(16-20)31-14-8-3-4-9-15-31/h5-7,10-13,16,19H,2-4,8-9,14-15,17-18H2,1H3,(H2,26,28,29). The zero-order chi connectivity index (χ0) is 22.0. The van der Waals surface area contributed by atoms with Crippen molar-refractivity contribution in [3.05, 3.63) is 66.2 Å². The van der Waals surface area contributed by atoms with Gasteiger partial charge in [-0.2, -0.15) is 0 Å². The van der Waals surface area contributed by atoms with E-state index in [2.05, 4.69) is 38.5 Å². The molecular weight excluding hydrogens is 400 g/mol. The van der Waals surface area contributed by atoms with E-state index in [4.69, 9.17) is 9.41 Å². The Bertz CT molecular complexity index is 992. The Kier molecular flexibility index (Phi) is 7.74. The Balaban J connectivity index is 1.37. The molecule has 1 aromatic carbocycles. The number of benzene rings is 1. The number of oxazole rings is 1. The second-order valence-corrected chi connectivity index (χ2v) is 7.98. The van der Waals surface area contributed by atoms with Gasteiger partial charge in [-0.25, -0.2) is 15.0 Å². The third kappa shape index (κ3) is 6.09. The molecule has 3 aromatic rings. The summed E-state index contributed by atoms with van der Waals surface area (Å²) in [5.74, 6) is 2.45. The number of hydrogen-bond donors (Lipinski definition) is 2. The van der Waals surface area contributed by atoms with E-state index in [-0.39, 0.29) is 0 Å². The van der Waals surface area contributed by atoms with E-state index in [9.17, 15) is 0 Å². The molecule has 3 heterocycles. The van der Waals surface area contributed by atoms with Crippen LogP contribution in [-0.2, 0) is 13.1 Å². The number of guanidine groups is 1. The molecule has 1 aliphatic heterocycles. The first-order valence-electron chi connectivity index (χ1n) is 11.5. The van der Waals surface area contributed by atoms with Crippen LogP contribution in [-0.4, -0.2) is 35.6 Å². The van der Waals surface area contributed by atoms with Crippen molar-refractivity contribution in [3.8, 4) is 11.5 Å². The molecule has 7 nitrogen and oxygen atoms in total. The number of pyridine rings is 1. The van der Waals surface area contributed by atoms with Crippen LogP contribution in [0.1, 0.15) is 43.9 Å². The number of nitrogens with zero attached hydrogens (tertiary/aromatic N) is 4. The van der Waals surface area contributed by atoms with E-state index < -0.39 is 0 Å². The van der Waals surface area contributed by atoms with Crippen molar-refractivity contribution in [3.63, 3.8) is 0 Å². The maximum absolute atomic E-state index is 5.63. The highest BCUT2D eigenvalue weighted by Gasteiger charge is 2.11. The van der Waals surface area contributed by atoms with Gasteiger partial charge in [0.05, 0.1) is 18.8 Å². The molecule has 7 heteroatoms. The smallest absolute Gasteiger partial charge is 0.226 e. The van der Waals surface area contributed by atoms with Gasteiger partial charge >= 0.3 is 0 Å². The fourth-order valence-corrected chi connectivity index (χ4v) is 3.82. The normalized spacial score (nSPS) is 14.8. The molecule has 0 spiro atoms. The van der Waals surface area contributed by atoms with E-state index in [1.807, 2.05) is 42.6 Å². The van der Waals surface area contributed by atoms with Crippen LogP contribution in [0.5, 0.6) is 0 Å². The number of rotatable bonds is 7. The summed E-state index contributed by atoms with van der Waals surface area (Å²) in [6, 6.07) is 14.1. The van der Waals surface area contributed by atoms with Gasteiger partial charge < -0.3 is 20.0 Å². The second-order valence-electron chi connectivity index (χ2n) is 7.98. The van der Waals surface area contributed by atoms with Crippen molar-refractivity contribution in [2.24, 2.45) is 4.99 Å². The summed E-state index contributed by atoms with van der Waals surface area (Å²) >= 11 is 0. The Morgan fingerprint density at radius 1 is 1.06 bits per heavy atom.